The molecule has 1 heterocycles. The van der Waals surface area contributed by atoms with Crippen molar-refractivity contribution in [3.05, 3.63) is 41.1 Å². The molecular weight excluding hydrogens is 378 g/mol. The van der Waals surface area contributed by atoms with Gasteiger partial charge in [0, 0.05) is 0 Å². The molecule has 0 spiro atoms. The molecule has 0 saturated carbocycles. The zero-order valence-corrected chi connectivity index (χ0v) is 15.3. The van der Waals surface area contributed by atoms with Crippen molar-refractivity contribution < 1.29 is 37.4 Å². The van der Waals surface area contributed by atoms with Gasteiger partial charge in [0.15, 0.2) is 0 Å². The van der Waals surface area contributed by atoms with Crippen molar-refractivity contribution in [3.8, 4) is 5.75 Å². The van der Waals surface area contributed by atoms with Gasteiger partial charge in [-0.05, 0) is 25.5 Å². The lowest BCUT2D eigenvalue weighted by Gasteiger charge is -2.28. The topological polar surface area (TPSA) is 103 Å². The second-order valence-corrected chi connectivity index (χ2v) is 5.62. The first kappa shape index (κ1) is 21.1. The fourth-order valence-corrected chi connectivity index (χ4v) is 2.63. The number of rotatable bonds is 8. The summed E-state index contributed by atoms with van der Waals surface area (Å²) >= 11 is 0. The zero-order valence-electron chi connectivity index (χ0n) is 15.3. The van der Waals surface area contributed by atoms with Crippen molar-refractivity contribution in [1.82, 2.24) is 10.6 Å². The van der Waals surface area contributed by atoms with Crippen LogP contribution in [0.1, 0.15) is 30.6 Å². The predicted octanol–water partition coefficient (Wildman–Crippen LogP) is 2.35. The number of nitrogens with one attached hydrogen (secondary N) is 2. The highest BCUT2D eigenvalue weighted by Crippen LogP contribution is 2.22. The molecule has 1 aliphatic heterocycles. The van der Waals surface area contributed by atoms with E-state index in [1.807, 2.05) is 0 Å². The highest BCUT2D eigenvalue weighted by molar-refractivity contribution is 5.95. The summed E-state index contributed by atoms with van der Waals surface area (Å²) in [5, 5.41) is 5.01. The lowest BCUT2D eigenvalue weighted by molar-refractivity contribution is -0.139. The Labute approximate surface area is 159 Å². The third kappa shape index (κ3) is 5.18. The highest BCUT2D eigenvalue weighted by Gasteiger charge is 2.32. The standard InChI is InChI=1S/C18H20F2N2O6/c1-3-11-14(16(24)26-4-2)12(22-18(25)21-11)9-27-15(23)10-7-5-6-8-13(10)28-17(19)20/h5-8,11,17H,3-4,9H2,1-2H3,(H2,21,22,25)/t11-/m0/s1. The van der Waals surface area contributed by atoms with Crippen LogP contribution < -0.4 is 15.4 Å². The predicted molar refractivity (Wildman–Crippen MR) is 92.8 cm³/mol. The SMILES string of the molecule is CCOC(=O)C1=C(COC(=O)c2ccccc2OC(F)F)NC(=O)N[C@H]1CC. The second-order valence-electron chi connectivity index (χ2n) is 5.62. The molecule has 0 aromatic heterocycles. The number of halogens is 2. The number of alkyl halides is 2. The maximum absolute atomic E-state index is 12.5. The fourth-order valence-electron chi connectivity index (χ4n) is 2.63. The summed E-state index contributed by atoms with van der Waals surface area (Å²) in [6.45, 7) is -0.0516. The Morgan fingerprint density at radius 3 is 2.50 bits per heavy atom. The minimum Gasteiger partial charge on any atom is -0.463 e. The van der Waals surface area contributed by atoms with E-state index in [9.17, 15) is 23.2 Å². The number of amides is 2. The summed E-state index contributed by atoms with van der Waals surface area (Å²) in [7, 11) is 0. The molecule has 0 aliphatic carbocycles. The number of hydrogen-bond acceptors (Lipinski definition) is 6. The third-order valence-corrected chi connectivity index (χ3v) is 3.82. The number of para-hydroxylation sites is 1. The molecule has 0 saturated heterocycles. The van der Waals surface area contributed by atoms with Crippen molar-refractivity contribution in [3.63, 3.8) is 0 Å². The van der Waals surface area contributed by atoms with E-state index in [4.69, 9.17) is 9.47 Å². The van der Waals surface area contributed by atoms with Gasteiger partial charge < -0.3 is 24.8 Å². The maximum Gasteiger partial charge on any atom is 0.387 e. The molecule has 1 atom stereocenters. The van der Waals surface area contributed by atoms with Crippen molar-refractivity contribution in [1.29, 1.82) is 0 Å². The van der Waals surface area contributed by atoms with Gasteiger partial charge >= 0.3 is 24.6 Å². The van der Waals surface area contributed by atoms with Crippen molar-refractivity contribution in [2.24, 2.45) is 0 Å². The van der Waals surface area contributed by atoms with Gasteiger partial charge in [0.25, 0.3) is 0 Å². The van der Waals surface area contributed by atoms with Gasteiger partial charge in [0.2, 0.25) is 0 Å². The van der Waals surface area contributed by atoms with Crippen LogP contribution in [-0.2, 0) is 14.3 Å². The van der Waals surface area contributed by atoms with Crippen molar-refractivity contribution in [2.45, 2.75) is 32.9 Å². The van der Waals surface area contributed by atoms with E-state index < -0.39 is 37.2 Å². The molecule has 10 heteroatoms. The highest BCUT2D eigenvalue weighted by atomic mass is 19.3. The molecule has 0 unspecified atom stereocenters. The van der Waals surface area contributed by atoms with E-state index in [0.717, 1.165) is 0 Å². The van der Waals surface area contributed by atoms with E-state index in [-0.39, 0.29) is 29.2 Å². The van der Waals surface area contributed by atoms with Crippen LogP contribution >= 0.6 is 0 Å². The number of carbonyl (C=O) groups excluding carboxylic acids is 3. The summed E-state index contributed by atoms with van der Waals surface area (Å²) in [6, 6.07) is 4.16. The van der Waals surface area contributed by atoms with Crippen LogP contribution in [0.25, 0.3) is 0 Å². The van der Waals surface area contributed by atoms with Gasteiger partial charge in [-0.3, -0.25) is 0 Å². The molecule has 28 heavy (non-hydrogen) atoms. The molecule has 0 bridgehead atoms. The van der Waals surface area contributed by atoms with Crippen LogP contribution in [-0.4, -0.2) is 43.8 Å². The molecule has 8 nitrogen and oxygen atoms in total. The first-order valence-electron chi connectivity index (χ1n) is 8.55. The summed E-state index contributed by atoms with van der Waals surface area (Å²) in [4.78, 5) is 36.4. The number of hydrogen-bond donors (Lipinski definition) is 2. The molecule has 152 valence electrons. The van der Waals surface area contributed by atoms with Crippen molar-refractivity contribution >= 4 is 18.0 Å². The molecule has 2 N–H and O–H groups in total. The number of urea groups is 1. The monoisotopic (exact) mass is 398 g/mol. The van der Waals surface area contributed by atoms with E-state index in [0.29, 0.717) is 6.42 Å². The lowest BCUT2D eigenvalue weighted by atomic mass is 10.0. The van der Waals surface area contributed by atoms with Crippen LogP contribution in [0.5, 0.6) is 5.75 Å². The van der Waals surface area contributed by atoms with Gasteiger partial charge in [-0.2, -0.15) is 8.78 Å². The molecule has 1 aliphatic rings. The summed E-state index contributed by atoms with van der Waals surface area (Å²) in [5.74, 6) is -1.95. The van der Waals surface area contributed by atoms with Crippen LogP contribution in [0.15, 0.2) is 35.5 Å². The summed E-state index contributed by atoms with van der Waals surface area (Å²) in [5.41, 5.74) is -0.0167. The van der Waals surface area contributed by atoms with E-state index in [1.165, 1.54) is 24.3 Å². The summed E-state index contributed by atoms with van der Waals surface area (Å²) in [6.07, 6.45) is 0.407. The van der Waals surface area contributed by atoms with Crippen LogP contribution in [0, 0.1) is 0 Å². The Morgan fingerprint density at radius 1 is 1.14 bits per heavy atom. The number of esters is 2. The molecule has 1 aromatic carbocycles. The Balaban J connectivity index is 2.23. The molecule has 0 radical (unpaired) electrons. The normalized spacial score (nSPS) is 16.3. The fraction of sp³-hybridized carbons (Fsp3) is 0.389. The van der Waals surface area contributed by atoms with Crippen LogP contribution in [0.3, 0.4) is 0 Å². The average molecular weight is 398 g/mol. The van der Waals surface area contributed by atoms with Gasteiger partial charge in [-0.15, -0.1) is 0 Å². The van der Waals surface area contributed by atoms with E-state index >= 15 is 0 Å². The Kier molecular flexibility index (Phi) is 7.30. The number of ether oxygens (including phenoxy) is 3. The quantitative estimate of drug-likeness (QED) is 0.652. The Bertz CT molecular complexity index is 781. The Morgan fingerprint density at radius 2 is 1.86 bits per heavy atom. The number of benzene rings is 1. The smallest absolute Gasteiger partial charge is 0.387 e. The molecule has 0 fully saturated rings. The van der Waals surface area contributed by atoms with Gasteiger partial charge in [-0.1, -0.05) is 19.1 Å². The first-order chi connectivity index (χ1) is 13.4. The largest absolute Gasteiger partial charge is 0.463 e. The third-order valence-electron chi connectivity index (χ3n) is 3.82. The maximum atomic E-state index is 12.5. The van der Waals surface area contributed by atoms with Crippen molar-refractivity contribution in [2.75, 3.05) is 13.2 Å². The first-order valence-corrected chi connectivity index (χ1v) is 8.55. The average Bonchev–Trinajstić information content (AvgIpc) is 2.65. The zero-order chi connectivity index (χ0) is 20.7. The van der Waals surface area contributed by atoms with Gasteiger partial charge in [-0.25, -0.2) is 14.4 Å². The van der Waals surface area contributed by atoms with E-state index in [2.05, 4.69) is 15.4 Å². The molecule has 1 aromatic rings. The molecule has 2 amide bonds. The minimum absolute atomic E-state index is 0.0645. The van der Waals surface area contributed by atoms with E-state index in [1.54, 1.807) is 13.8 Å². The minimum atomic E-state index is -3.11. The molecule has 2 rings (SSSR count). The van der Waals surface area contributed by atoms with Gasteiger partial charge in [0.05, 0.1) is 23.9 Å². The second kappa shape index (κ2) is 9.67. The summed E-state index contributed by atoms with van der Waals surface area (Å²) < 4.78 is 39.4. The lowest BCUT2D eigenvalue weighted by Crippen LogP contribution is -2.51. The van der Waals surface area contributed by atoms with Crippen LogP contribution in [0.4, 0.5) is 13.6 Å². The Hall–Kier alpha value is -3.17. The van der Waals surface area contributed by atoms with Gasteiger partial charge in [0.1, 0.15) is 17.9 Å². The molecular formula is C18H20F2N2O6. The van der Waals surface area contributed by atoms with Crippen LogP contribution in [0.2, 0.25) is 0 Å². The number of carbonyl (C=O) groups is 3.